The van der Waals surface area contributed by atoms with Crippen LogP contribution in [0.3, 0.4) is 0 Å². The molecule has 180 valence electrons. The van der Waals surface area contributed by atoms with Gasteiger partial charge in [0.25, 0.3) is 5.91 Å². The van der Waals surface area contributed by atoms with E-state index >= 15 is 0 Å². The molecule has 3 aromatic carbocycles. The van der Waals surface area contributed by atoms with Gasteiger partial charge < -0.3 is 14.8 Å². The lowest BCUT2D eigenvalue weighted by Crippen LogP contribution is -2.12. The molecule has 35 heavy (non-hydrogen) atoms. The Bertz CT molecular complexity index is 1240. The van der Waals surface area contributed by atoms with Crippen LogP contribution in [0.1, 0.15) is 48.3 Å². The lowest BCUT2D eigenvalue weighted by atomic mass is 10.1. The molecule has 4 rings (SSSR count). The quantitative estimate of drug-likeness (QED) is 0.192. The van der Waals surface area contributed by atoms with Crippen molar-refractivity contribution in [2.75, 3.05) is 11.9 Å². The summed E-state index contributed by atoms with van der Waals surface area (Å²) in [5, 5.41) is 18.4. The second-order valence-electron chi connectivity index (χ2n) is 8.14. The van der Waals surface area contributed by atoms with E-state index in [-0.39, 0.29) is 12.5 Å². The molecular weight excluding hydrogens is 442 g/mol. The highest BCUT2D eigenvalue weighted by molar-refractivity contribution is 6.09. The zero-order chi connectivity index (χ0) is 24.3. The fraction of sp³-hybridized carbons (Fsp3) is 0.259. The normalized spacial score (nSPS) is 10.7. The number of rotatable bonds is 13. The molecule has 0 aliphatic rings. The van der Waals surface area contributed by atoms with Gasteiger partial charge in [0.2, 0.25) is 0 Å². The molecule has 0 bridgehead atoms. The maximum atomic E-state index is 12.9. The first kappa shape index (κ1) is 23.9. The van der Waals surface area contributed by atoms with Crippen molar-refractivity contribution in [1.82, 2.24) is 20.6 Å². The molecule has 1 amide bonds. The van der Waals surface area contributed by atoms with E-state index < -0.39 is 0 Å². The van der Waals surface area contributed by atoms with Crippen LogP contribution in [-0.2, 0) is 6.61 Å². The third-order valence-corrected chi connectivity index (χ3v) is 5.55. The number of hydrogen-bond acceptors (Lipinski definition) is 6. The first-order chi connectivity index (χ1) is 17.2. The summed E-state index contributed by atoms with van der Waals surface area (Å²) in [5.74, 6) is 1.76. The lowest BCUT2D eigenvalue weighted by molar-refractivity contribution is 0.102. The maximum Gasteiger partial charge on any atom is 0.255 e. The van der Waals surface area contributed by atoms with Crippen LogP contribution in [0.5, 0.6) is 11.5 Å². The van der Waals surface area contributed by atoms with Crippen molar-refractivity contribution in [3.8, 4) is 11.5 Å². The minimum Gasteiger partial charge on any atom is -0.494 e. The highest BCUT2D eigenvalue weighted by Crippen LogP contribution is 2.28. The summed E-state index contributed by atoms with van der Waals surface area (Å²) in [6, 6.07) is 18.7. The number of unbranched alkanes of at least 4 members (excludes halogenated alkanes) is 4. The average Bonchev–Trinajstić information content (AvgIpc) is 3.41. The van der Waals surface area contributed by atoms with Crippen molar-refractivity contribution in [3.63, 3.8) is 0 Å². The Balaban J connectivity index is 1.34. The highest BCUT2D eigenvalue weighted by Gasteiger charge is 2.10. The SMILES string of the molecule is C=CCCCCCCOc1ccc(C(=O)Nc2cccc3ccc(OCc4nnn[nH]4)cc23)cc1. The number of nitrogens with one attached hydrogen (secondary N) is 2. The van der Waals surface area contributed by atoms with Gasteiger partial charge in [0, 0.05) is 16.6 Å². The molecule has 1 heterocycles. The van der Waals surface area contributed by atoms with Gasteiger partial charge in [-0.15, -0.1) is 11.7 Å². The number of anilines is 1. The molecule has 0 saturated carbocycles. The molecule has 0 fully saturated rings. The zero-order valence-corrected chi connectivity index (χ0v) is 19.6. The summed E-state index contributed by atoms with van der Waals surface area (Å²) >= 11 is 0. The van der Waals surface area contributed by atoms with Gasteiger partial charge in [0.05, 0.1) is 6.61 Å². The minimum absolute atomic E-state index is 0.190. The Kier molecular flexibility index (Phi) is 8.42. The Morgan fingerprint density at radius 3 is 2.60 bits per heavy atom. The van der Waals surface area contributed by atoms with Crippen molar-refractivity contribution in [3.05, 3.63) is 84.7 Å². The van der Waals surface area contributed by atoms with Gasteiger partial charge in [0.1, 0.15) is 18.1 Å². The van der Waals surface area contributed by atoms with Gasteiger partial charge in [0.15, 0.2) is 5.82 Å². The molecule has 0 radical (unpaired) electrons. The molecule has 0 aliphatic carbocycles. The number of nitrogens with zero attached hydrogens (tertiary/aromatic N) is 3. The number of aromatic nitrogens is 4. The number of fused-ring (bicyclic) bond motifs is 1. The van der Waals surface area contributed by atoms with E-state index in [9.17, 15) is 4.79 Å². The van der Waals surface area contributed by atoms with Gasteiger partial charge in [-0.25, -0.2) is 5.10 Å². The first-order valence-electron chi connectivity index (χ1n) is 11.8. The van der Waals surface area contributed by atoms with Crippen molar-refractivity contribution < 1.29 is 14.3 Å². The van der Waals surface area contributed by atoms with Crippen LogP contribution in [0.4, 0.5) is 5.69 Å². The number of ether oxygens (including phenoxy) is 2. The number of H-pyrrole nitrogens is 1. The van der Waals surface area contributed by atoms with E-state index in [0.29, 0.717) is 29.4 Å². The number of tetrazole rings is 1. The van der Waals surface area contributed by atoms with Gasteiger partial charge in [-0.2, -0.15) is 0 Å². The topological polar surface area (TPSA) is 102 Å². The molecule has 2 N–H and O–H groups in total. The van der Waals surface area contributed by atoms with Crippen molar-refractivity contribution in [2.24, 2.45) is 0 Å². The largest absolute Gasteiger partial charge is 0.494 e. The maximum absolute atomic E-state index is 12.9. The summed E-state index contributed by atoms with van der Waals surface area (Å²) in [6.07, 6.45) is 7.55. The molecule has 8 heteroatoms. The number of hydrogen-bond donors (Lipinski definition) is 2. The van der Waals surface area contributed by atoms with E-state index in [1.165, 1.54) is 12.8 Å². The van der Waals surface area contributed by atoms with Gasteiger partial charge in [-0.05, 0) is 77.5 Å². The molecule has 0 unspecified atom stereocenters. The molecule has 0 saturated heterocycles. The van der Waals surface area contributed by atoms with E-state index in [1.54, 1.807) is 12.1 Å². The number of aromatic amines is 1. The summed E-state index contributed by atoms with van der Waals surface area (Å²) in [4.78, 5) is 12.9. The molecule has 4 aromatic rings. The number of amides is 1. The van der Waals surface area contributed by atoms with Crippen LogP contribution in [-0.4, -0.2) is 33.1 Å². The van der Waals surface area contributed by atoms with Gasteiger partial charge >= 0.3 is 0 Å². The van der Waals surface area contributed by atoms with Crippen LogP contribution >= 0.6 is 0 Å². The second-order valence-corrected chi connectivity index (χ2v) is 8.14. The molecule has 8 nitrogen and oxygen atoms in total. The van der Waals surface area contributed by atoms with Crippen LogP contribution in [0, 0.1) is 0 Å². The zero-order valence-electron chi connectivity index (χ0n) is 19.6. The van der Waals surface area contributed by atoms with Crippen LogP contribution < -0.4 is 14.8 Å². The molecule has 0 spiro atoms. The summed E-state index contributed by atoms with van der Waals surface area (Å²) < 4.78 is 11.6. The van der Waals surface area contributed by atoms with Gasteiger partial charge in [-0.3, -0.25) is 4.79 Å². The summed E-state index contributed by atoms with van der Waals surface area (Å²) in [7, 11) is 0. The third-order valence-electron chi connectivity index (χ3n) is 5.55. The van der Waals surface area contributed by atoms with Crippen molar-refractivity contribution in [1.29, 1.82) is 0 Å². The first-order valence-corrected chi connectivity index (χ1v) is 11.8. The second kappa shape index (κ2) is 12.3. The molecule has 1 aromatic heterocycles. The third kappa shape index (κ3) is 6.89. The molecule has 0 aliphatic heterocycles. The predicted octanol–water partition coefficient (Wildman–Crippen LogP) is 5.70. The van der Waals surface area contributed by atoms with E-state index in [2.05, 4.69) is 32.5 Å². The Hall–Kier alpha value is -4.20. The minimum atomic E-state index is -0.190. The van der Waals surface area contributed by atoms with E-state index in [0.717, 1.165) is 35.8 Å². The number of benzene rings is 3. The van der Waals surface area contributed by atoms with E-state index in [1.807, 2.05) is 54.6 Å². The average molecular weight is 472 g/mol. The Labute approximate surface area is 204 Å². The van der Waals surface area contributed by atoms with Crippen molar-refractivity contribution in [2.45, 2.75) is 38.7 Å². The Morgan fingerprint density at radius 2 is 1.80 bits per heavy atom. The summed E-state index contributed by atoms with van der Waals surface area (Å²) in [5.41, 5.74) is 1.26. The van der Waals surface area contributed by atoms with Gasteiger partial charge in [-0.1, -0.05) is 37.1 Å². The Morgan fingerprint density at radius 1 is 0.971 bits per heavy atom. The molecule has 0 atom stereocenters. The number of carbonyl (C=O) groups is 1. The number of carbonyl (C=O) groups excluding carboxylic acids is 1. The van der Waals surface area contributed by atoms with Crippen molar-refractivity contribution >= 4 is 22.4 Å². The highest BCUT2D eigenvalue weighted by atomic mass is 16.5. The summed E-state index contributed by atoms with van der Waals surface area (Å²) in [6.45, 7) is 4.64. The molecular formula is C27H29N5O3. The van der Waals surface area contributed by atoms with E-state index in [4.69, 9.17) is 9.47 Å². The fourth-order valence-electron chi connectivity index (χ4n) is 3.67. The predicted molar refractivity (Wildman–Crippen MR) is 136 cm³/mol. The monoisotopic (exact) mass is 471 g/mol. The lowest BCUT2D eigenvalue weighted by Gasteiger charge is -2.11. The van der Waals surface area contributed by atoms with Crippen LogP contribution in [0.2, 0.25) is 0 Å². The fourth-order valence-corrected chi connectivity index (χ4v) is 3.67. The number of allylic oxidation sites excluding steroid dienone is 1. The standard InChI is InChI=1S/C27H29N5O3/c1-2-3-4-5-6-7-17-34-22-14-12-21(13-15-22)27(33)28-25-10-8-9-20-11-16-23(18-24(20)25)35-19-26-29-31-32-30-26/h2,8-16,18H,1,3-7,17,19H2,(H,28,33)(H,29,30,31,32). The van der Waals surface area contributed by atoms with Crippen LogP contribution in [0.15, 0.2) is 73.3 Å². The smallest absolute Gasteiger partial charge is 0.255 e. The van der Waals surface area contributed by atoms with Crippen LogP contribution in [0.25, 0.3) is 10.8 Å².